The lowest BCUT2D eigenvalue weighted by Crippen LogP contribution is -2.54. The molecule has 3 unspecified atom stereocenters. The Morgan fingerprint density at radius 2 is 2.06 bits per heavy atom. The Morgan fingerprint density at radius 1 is 1.50 bits per heavy atom. The van der Waals surface area contributed by atoms with Crippen molar-refractivity contribution in [2.24, 2.45) is 5.73 Å². The van der Waals surface area contributed by atoms with Crippen LogP contribution < -0.4 is 11.1 Å². The molecule has 0 saturated carbocycles. The zero-order valence-electron chi connectivity index (χ0n) is 10.6. The number of primary amides is 1. The summed E-state index contributed by atoms with van der Waals surface area (Å²) in [6, 6.07) is 0. The van der Waals surface area contributed by atoms with E-state index < -0.39 is 5.54 Å². The van der Waals surface area contributed by atoms with Crippen molar-refractivity contribution in [3.63, 3.8) is 0 Å². The monoisotopic (exact) mass is 248 g/mol. The molecule has 16 heavy (non-hydrogen) atoms. The van der Waals surface area contributed by atoms with Gasteiger partial charge in [0.25, 0.3) is 0 Å². The summed E-state index contributed by atoms with van der Waals surface area (Å²) in [4.78, 5) is 11.4. The quantitative estimate of drug-likeness (QED) is 0.592. The SMILES string of the molecule is CCNC(C)(CC(C)SC(C)CO)C(N)=O. The molecular weight excluding hydrogens is 224 g/mol. The first-order chi connectivity index (χ1) is 7.35. The van der Waals surface area contributed by atoms with E-state index in [1.54, 1.807) is 11.8 Å². The van der Waals surface area contributed by atoms with E-state index in [-0.39, 0.29) is 23.0 Å². The Balaban J connectivity index is 4.34. The van der Waals surface area contributed by atoms with Crippen LogP contribution in [0.3, 0.4) is 0 Å². The molecule has 0 aromatic heterocycles. The molecule has 0 saturated heterocycles. The van der Waals surface area contributed by atoms with Gasteiger partial charge in [0.2, 0.25) is 5.91 Å². The van der Waals surface area contributed by atoms with Crippen molar-refractivity contribution in [3.8, 4) is 0 Å². The van der Waals surface area contributed by atoms with Crippen molar-refractivity contribution in [1.29, 1.82) is 0 Å². The molecule has 0 aliphatic carbocycles. The minimum Gasteiger partial charge on any atom is -0.395 e. The predicted molar refractivity (Wildman–Crippen MR) is 69.5 cm³/mol. The van der Waals surface area contributed by atoms with Crippen LogP contribution in [-0.4, -0.2) is 40.2 Å². The molecule has 96 valence electrons. The minimum absolute atomic E-state index is 0.156. The second-order valence-electron chi connectivity index (χ2n) is 4.37. The summed E-state index contributed by atoms with van der Waals surface area (Å²) in [5, 5.41) is 12.6. The molecule has 1 amide bonds. The third kappa shape index (κ3) is 5.18. The zero-order chi connectivity index (χ0) is 12.8. The maximum absolute atomic E-state index is 11.4. The van der Waals surface area contributed by atoms with E-state index in [2.05, 4.69) is 12.2 Å². The standard InChI is InChI=1S/C11H24N2O2S/c1-5-13-11(4,10(12)15)6-8(2)16-9(3)7-14/h8-9,13-14H,5-7H2,1-4H3,(H2,12,15). The lowest BCUT2D eigenvalue weighted by Gasteiger charge is -2.30. The number of aliphatic hydroxyl groups excluding tert-OH is 1. The molecule has 0 rings (SSSR count). The summed E-state index contributed by atoms with van der Waals surface area (Å²) in [6.07, 6.45) is 0.672. The Kier molecular flexibility index (Phi) is 7.03. The molecular formula is C11H24N2O2S. The fourth-order valence-corrected chi connectivity index (χ4v) is 3.02. The van der Waals surface area contributed by atoms with E-state index >= 15 is 0 Å². The average molecular weight is 248 g/mol. The van der Waals surface area contributed by atoms with Gasteiger partial charge in [-0.2, -0.15) is 11.8 Å². The highest BCUT2D eigenvalue weighted by atomic mass is 32.2. The first kappa shape index (κ1) is 15.7. The van der Waals surface area contributed by atoms with Crippen LogP contribution in [-0.2, 0) is 4.79 Å². The lowest BCUT2D eigenvalue weighted by atomic mass is 9.95. The molecule has 0 spiro atoms. The van der Waals surface area contributed by atoms with Gasteiger partial charge in [0.1, 0.15) is 0 Å². The van der Waals surface area contributed by atoms with Gasteiger partial charge in [-0.3, -0.25) is 4.79 Å². The highest BCUT2D eigenvalue weighted by Crippen LogP contribution is 2.25. The molecule has 0 radical (unpaired) electrons. The van der Waals surface area contributed by atoms with Crippen molar-refractivity contribution in [3.05, 3.63) is 0 Å². The van der Waals surface area contributed by atoms with Crippen LogP contribution in [0.25, 0.3) is 0 Å². The van der Waals surface area contributed by atoms with Crippen molar-refractivity contribution in [2.45, 2.75) is 50.2 Å². The maximum atomic E-state index is 11.4. The molecule has 0 aliphatic rings. The molecule has 4 nitrogen and oxygen atoms in total. The molecule has 0 bridgehead atoms. The highest BCUT2D eigenvalue weighted by Gasteiger charge is 2.32. The normalized spacial score (nSPS) is 18.8. The molecule has 0 aliphatic heterocycles. The number of nitrogens with two attached hydrogens (primary N) is 1. The summed E-state index contributed by atoms with van der Waals surface area (Å²) in [5.41, 5.74) is 4.75. The number of rotatable bonds is 8. The van der Waals surface area contributed by atoms with Crippen molar-refractivity contribution < 1.29 is 9.90 Å². The number of carbonyl (C=O) groups is 1. The summed E-state index contributed by atoms with van der Waals surface area (Å²) < 4.78 is 0. The molecule has 5 heteroatoms. The van der Waals surface area contributed by atoms with Crippen LogP contribution in [0.15, 0.2) is 0 Å². The molecule has 0 heterocycles. The van der Waals surface area contributed by atoms with Crippen LogP contribution in [0.2, 0.25) is 0 Å². The summed E-state index contributed by atoms with van der Waals surface area (Å²) in [5.74, 6) is -0.321. The van der Waals surface area contributed by atoms with Gasteiger partial charge in [-0.1, -0.05) is 20.8 Å². The molecule has 3 atom stereocenters. The molecule has 0 aromatic carbocycles. The van der Waals surface area contributed by atoms with Crippen LogP contribution in [0.1, 0.15) is 34.1 Å². The van der Waals surface area contributed by atoms with E-state index in [0.29, 0.717) is 13.0 Å². The van der Waals surface area contributed by atoms with E-state index in [9.17, 15) is 4.79 Å². The average Bonchev–Trinajstić information content (AvgIpc) is 2.17. The van der Waals surface area contributed by atoms with Crippen LogP contribution >= 0.6 is 11.8 Å². The fourth-order valence-electron chi connectivity index (χ4n) is 1.71. The lowest BCUT2D eigenvalue weighted by molar-refractivity contribution is -0.124. The Bertz CT molecular complexity index is 226. The summed E-state index contributed by atoms with van der Waals surface area (Å²) in [6.45, 7) is 8.68. The van der Waals surface area contributed by atoms with E-state index in [1.165, 1.54) is 0 Å². The van der Waals surface area contributed by atoms with Crippen molar-refractivity contribution in [1.82, 2.24) is 5.32 Å². The van der Waals surface area contributed by atoms with Gasteiger partial charge in [0, 0.05) is 10.5 Å². The number of thioether (sulfide) groups is 1. The van der Waals surface area contributed by atoms with E-state index in [4.69, 9.17) is 10.8 Å². The number of aliphatic hydroxyl groups is 1. The number of carbonyl (C=O) groups excluding carboxylic acids is 1. The number of hydrogen-bond acceptors (Lipinski definition) is 4. The van der Waals surface area contributed by atoms with Crippen LogP contribution in [0, 0.1) is 0 Å². The first-order valence-corrected chi connectivity index (χ1v) is 6.61. The third-order valence-corrected chi connectivity index (χ3v) is 3.77. The molecule has 0 fully saturated rings. The smallest absolute Gasteiger partial charge is 0.237 e. The topological polar surface area (TPSA) is 75.3 Å². The van der Waals surface area contributed by atoms with Gasteiger partial charge >= 0.3 is 0 Å². The van der Waals surface area contributed by atoms with Crippen molar-refractivity contribution in [2.75, 3.05) is 13.2 Å². The van der Waals surface area contributed by atoms with Gasteiger partial charge < -0.3 is 16.2 Å². The third-order valence-electron chi connectivity index (χ3n) is 2.53. The van der Waals surface area contributed by atoms with Gasteiger partial charge in [-0.25, -0.2) is 0 Å². The van der Waals surface area contributed by atoms with Gasteiger partial charge in [0.15, 0.2) is 0 Å². The Labute approximate surface area is 102 Å². The number of hydrogen-bond donors (Lipinski definition) is 3. The van der Waals surface area contributed by atoms with Gasteiger partial charge in [0.05, 0.1) is 12.1 Å². The highest BCUT2D eigenvalue weighted by molar-refractivity contribution is 8.00. The van der Waals surface area contributed by atoms with Crippen LogP contribution in [0.4, 0.5) is 0 Å². The first-order valence-electron chi connectivity index (χ1n) is 5.67. The number of nitrogens with one attached hydrogen (secondary N) is 1. The summed E-state index contributed by atoms with van der Waals surface area (Å²) >= 11 is 1.67. The van der Waals surface area contributed by atoms with Crippen molar-refractivity contribution >= 4 is 17.7 Å². The Morgan fingerprint density at radius 3 is 2.44 bits per heavy atom. The van der Waals surface area contributed by atoms with Gasteiger partial charge in [-0.05, 0) is 19.9 Å². The fraction of sp³-hybridized carbons (Fsp3) is 0.909. The maximum Gasteiger partial charge on any atom is 0.237 e. The number of amides is 1. The largest absolute Gasteiger partial charge is 0.395 e. The second kappa shape index (κ2) is 7.14. The minimum atomic E-state index is -0.656. The Hall–Kier alpha value is -0.260. The van der Waals surface area contributed by atoms with Gasteiger partial charge in [-0.15, -0.1) is 0 Å². The molecule has 0 aromatic rings. The number of likely N-dealkylation sites (N-methyl/N-ethyl adjacent to an activating group) is 1. The summed E-state index contributed by atoms with van der Waals surface area (Å²) in [7, 11) is 0. The van der Waals surface area contributed by atoms with Crippen LogP contribution in [0.5, 0.6) is 0 Å². The predicted octanol–water partition coefficient (Wildman–Crippen LogP) is 0.733. The zero-order valence-corrected chi connectivity index (χ0v) is 11.4. The molecule has 4 N–H and O–H groups in total. The second-order valence-corrected chi connectivity index (χ2v) is 6.25. The van der Waals surface area contributed by atoms with E-state index in [1.807, 2.05) is 20.8 Å². The van der Waals surface area contributed by atoms with E-state index in [0.717, 1.165) is 0 Å².